The van der Waals surface area contributed by atoms with Gasteiger partial charge in [0.25, 0.3) is 0 Å². The maximum Gasteiger partial charge on any atom is 0.0713 e. The van der Waals surface area contributed by atoms with E-state index in [1.54, 1.807) is 0 Å². The Balaban J connectivity index is 0.944. The topological polar surface area (TPSA) is 3.24 Å². The summed E-state index contributed by atoms with van der Waals surface area (Å²) in [6.45, 7) is 0. The second kappa shape index (κ2) is 12.5. The maximum absolute atomic E-state index is 2.51. The largest absolute Gasteiger partial charge is 0.333 e. The first kappa shape index (κ1) is 32.3. The van der Waals surface area contributed by atoms with Crippen LogP contribution in [0.15, 0.2) is 212 Å². The molecule has 1 nitrogen and oxygen atoms in total. The lowest BCUT2D eigenvalue weighted by atomic mass is 9.67. The zero-order valence-corrected chi connectivity index (χ0v) is 31.5. The normalized spacial score (nSPS) is 17.5. The molecule has 3 aliphatic carbocycles. The fourth-order valence-corrected chi connectivity index (χ4v) is 10.6. The highest BCUT2D eigenvalue weighted by Gasteiger charge is 2.46. The van der Waals surface area contributed by atoms with Crippen LogP contribution in [0.2, 0.25) is 0 Å². The molecule has 57 heavy (non-hydrogen) atoms. The quantitative estimate of drug-likeness (QED) is 0.171. The van der Waals surface area contributed by atoms with E-state index in [0.29, 0.717) is 5.92 Å². The van der Waals surface area contributed by atoms with Crippen molar-refractivity contribution in [2.45, 2.75) is 23.8 Å². The van der Waals surface area contributed by atoms with Crippen LogP contribution >= 0.6 is 0 Å². The first-order chi connectivity index (χ1) is 28.3. The molecule has 8 aromatic carbocycles. The van der Waals surface area contributed by atoms with Crippen LogP contribution in [0, 0.1) is 0 Å². The van der Waals surface area contributed by atoms with Gasteiger partial charge in [0, 0.05) is 17.3 Å². The summed E-state index contributed by atoms with van der Waals surface area (Å²) < 4.78 is 0. The maximum atomic E-state index is 2.51. The van der Waals surface area contributed by atoms with Crippen LogP contribution in [0.5, 0.6) is 0 Å². The van der Waals surface area contributed by atoms with Gasteiger partial charge >= 0.3 is 0 Å². The minimum Gasteiger partial charge on any atom is -0.333 e. The van der Waals surface area contributed by atoms with E-state index >= 15 is 0 Å². The van der Waals surface area contributed by atoms with Crippen molar-refractivity contribution in [2.75, 3.05) is 4.90 Å². The van der Waals surface area contributed by atoms with Crippen molar-refractivity contribution in [3.63, 3.8) is 0 Å². The van der Waals surface area contributed by atoms with Crippen molar-refractivity contribution in [3.8, 4) is 33.4 Å². The van der Waals surface area contributed by atoms with Crippen LogP contribution in [0.4, 0.5) is 11.4 Å². The van der Waals surface area contributed by atoms with Crippen molar-refractivity contribution < 1.29 is 0 Å². The second-order valence-corrected chi connectivity index (χ2v) is 16.0. The lowest BCUT2D eigenvalue weighted by Gasteiger charge is -2.34. The van der Waals surface area contributed by atoms with Crippen molar-refractivity contribution in [1.82, 2.24) is 0 Å². The van der Waals surface area contributed by atoms with Crippen molar-refractivity contribution in [3.05, 3.63) is 257 Å². The molecule has 0 N–H and O–H groups in total. The average molecular weight is 726 g/mol. The van der Waals surface area contributed by atoms with Gasteiger partial charge in [0.1, 0.15) is 0 Å². The Kier molecular flexibility index (Phi) is 7.10. The third-order valence-electron chi connectivity index (χ3n) is 13.1. The molecule has 2 unspecified atom stereocenters. The predicted molar refractivity (Wildman–Crippen MR) is 236 cm³/mol. The molecule has 4 aliphatic rings. The van der Waals surface area contributed by atoms with E-state index in [-0.39, 0.29) is 6.04 Å². The Morgan fingerprint density at radius 1 is 0.456 bits per heavy atom. The highest BCUT2D eigenvalue weighted by atomic mass is 15.2. The van der Waals surface area contributed by atoms with Crippen molar-refractivity contribution in [1.29, 1.82) is 0 Å². The summed E-state index contributed by atoms with van der Waals surface area (Å²) in [6.07, 6.45) is 8.25. The number of anilines is 2. The SMILES string of the molecule is C1=CC2C(C=C1c1ccc3c(c1)-c1cc(-c4ccc5c(c4)C(c4ccccc4)(c4ccccc4)c4ccccc4-5)ccc1C3)c1ccccc1N2c1ccccc1. The summed E-state index contributed by atoms with van der Waals surface area (Å²) in [5.74, 6) is 0.290. The van der Waals surface area contributed by atoms with E-state index in [1.807, 2.05) is 0 Å². The van der Waals surface area contributed by atoms with Gasteiger partial charge in [0.05, 0.1) is 11.5 Å². The van der Waals surface area contributed by atoms with Gasteiger partial charge in [-0.15, -0.1) is 0 Å². The number of para-hydroxylation sites is 2. The van der Waals surface area contributed by atoms with Gasteiger partial charge in [0.2, 0.25) is 0 Å². The molecular formula is C56H39N. The van der Waals surface area contributed by atoms with Crippen LogP contribution in [0.25, 0.3) is 39.0 Å². The number of nitrogens with zero attached hydrogens (tertiary/aromatic N) is 1. The highest BCUT2D eigenvalue weighted by molar-refractivity contribution is 5.91. The minimum atomic E-state index is -0.416. The molecule has 0 radical (unpaired) electrons. The summed E-state index contributed by atoms with van der Waals surface area (Å²) in [7, 11) is 0. The molecule has 268 valence electrons. The summed E-state index contributed by atoms with van der Waals surface area (Å²) >= 11 is 0. The van der Waals surface area contributed by atoms with E-state index in [1.165, 1.54) is 94.8 Å². The Morgan fingerprint density at radius 2 is 1.04 bits per heavy atom. The Hall–Kier alpha value is -6.96. The molecule has 0 amide bonds. The molecule has 0 aromatic heterocycles. The second-order valence-electron chi connectivity index (χ2n) is 16.0. The molecule has 8 aromatic rings. The zero-order chi connectivity index (χ0) is 37.5. The fraction of sp³-hybridized carbons (Fsp3) is 0.0714. The smallest absolute Gasteiger partial charge is 0.0713 e. The van der Waals surface area contributed by atoms with E-state index in [2.05, 4.69) is 217 Å². The Labute approximate surface area is 334 Å². The molecule has 0 saturated heterocycles. The summed E-state index contributed by atoms with van der Waals surface area (Å²) in [5, 5.41) is 0. The van der Waals surface area contributed by atoms with E-state index in [0.717, 1.165) is 6.42 Å². The first-order valence-corrected chi connectivity index (χ1v) is 20.2. The van der Waals surface area contributed by atoms with Gasteiger partial charge in [-0.05, 0) is 126 Å². The molecule has 0 saturated carbocycles. The van der Waals surface area contributed by atoms with Crippen molar-refractivity contribution in [2.24, 2.45) is 0 Å². The molecule has 12 rings (SSSR count). The van der Waals surface area contributed by atoms with E-state index in [4.69, 9.17) is 0 Å². The average Bonchev–Trinajstić information content (AvgIpc) is 3.92. The zero-order valence-electron chi connectivity index (χ0n) is 31.5. The van der Waals surface area contributed by atoms with E-state index < -0.39 is 5.41 Å². The summed E-state index contributed by atoms with van der Waals surface area (Å²) in [4.78, 5) is 2.51. The number of allylic oxidation sites excluding steroid dienone is 2. The number of benzene rings is 8. The van der Waals surface area contributed by atoms with Crippen LogP contribution in [-0.4, -0.2) is 6.04 Å². The molecule has 1 aliphatic heterocycles. The van der Waals surface area contributed by atoms with Crippen LogP contribution in [-0.2, 0) is 11.8 Å². The summed E-state index contributed by atoms with van der Waals surface area (Å²) in [5.41, 5.74) is 22.0. The highest BCUT2D eigenvalue weighted by Crippen LogP contribution is 2.57. The van der Waals surface area contributed by atoms with Gasteiger partial charge in [-0.2, -0.15) is 0 Å². The van der Waals surface area contributed by atoms with E-state index in [9.17, 15) is 0 Å². The molecule has 0 bridgehead atoms. The third kappa shape index (κ3) is 4.76. The number of hydrogen-bond acceptors (Lipinski definition) is 1. The van der Waals surface area contributed by atoms with Gasteiger partial charge in [-0.1, -0.05) is 176 Å². The fourth-order valence-electron chi connectivity index (χ4n) is 10.6. The molecule has 1 heterocycles. The lowest BCUT2D eigenvalue weighted by Crippen LogP contribution is -2.28. The van der Waals surface area contributed by atoms with Gasteiger partial charge in [0.15, 0.2) is 0 Å². The van der Waals surface area contributed by atoms with Gasteiger partial charge in [-0.25, -0.2) is 0 Å². The number of hydrogen-bond donors (Lipinski definition) is 0. The van der Waals surface area contributed by atoms with Crippen LogP contribution in [0.1, 0.15) is 50.4 Å². The van der Waals surface area contributed by atoms with Gasteiger partial charge in [-0.3, -0.25) is 0 Å². The minimum absolute atomic E-state index is 0.258. The monoisotopic (exact) mass is 725 g/mol. The first-order valence-electron chi connectivity index (χ1n) is 20.2. The Bertz CT molecular complexity index is 2900. The molecule has 2 atom stereocenters. The molecule has 0 spiro atoms. The number of fused-ring (bicyclic) bond motifs is 9. The molecule has 0 fully saturated rings. The lowest BCUT2D eigenvalue weighted by molar-refractivity contribution is 0.747. The predicted octanol–water partition coefficient (Wildman–Crippen LogP) is 13.5. The third-order valence-corrected chi connectivity index (χ3v) is 13.1. The summed E-state index contributed by atoms with van der Waals surface area (Å²) in [6, 6.07) is 72.7. The Morgan fingerprint density at radius 3 is 1.79 bits per heavy atom. The van der Waals surface area contributed by atoms with Gasteiger partial charge < -0.3 is 4.90 Å². The van der Waals surface area contributed by atoms with Crippen LogP contribution < -0.4 is 4.90 Å². The number of rotatable bonds is 5. The molecular weight excluding hydrogens is 687 g/mol. The standard InChI is InChI=1S/C56H39N/c1-4-14-43(15-5-1)56(44-16-6-2-7-17-44)52-22-12-10-20-46(52)47-30-28-40(36-53(47)56)38-25-27-42-32-41-26-24-37(33-49(41)50(42)34-38)39-29-31-55-51(35-39)48-21-11-13-23-54(48)57(55)45-18-8-3-9-19-45/h1-31,33-36,51,55H,32H2. The molecule has 1 heteroatoms. The van der Waals surface area contributed by atoms with Crippen molar-refractivity contribution >= 4 is 16.9 Å². The van der Waals surface area contributed by atoms with Crippen LogP contribution in [0.3, 0.4) is 0 Å².